The van der Waals surface area contributed by atoms with Crippen LogP contribution in [0.4, 0.5) is 4.39 Å². The molecule has 3 nitrogen and oxygen atoms in total. The largest absolute Gasteiger partial charge is 0.494 e. The van der Waals surface area contributed by atoms with Crippen molar-refractivity contribution >= 4 is 23.3 Å². The van der Waals surface area contributed by atoms with E-state index in [4.69, 9.17) is 17.0 Å². The van der Waals surface area contributed by atoms with Crippen LogP contribution in [0.1, 0.15) is 6.92 Å². The number of hydrogen-bond acceptors (Lipinski definition) is 2. The quantitative estimate of drug-likeness (QED) is 0.731. The molecule has 0 aliphatic heterocycles. The minimum atomic E-state index is -0.285. The molecule has 0 fully saturated rings. The Hall–Kier alpha value is -2.14. The maximum atomic E-state index is 13.2. The van der Waals surface area contributed by atoms with Crippen molar-refractivity contribution in [2.24, 2.45) is 0 Å². The van der Waals surface area contributed by atoms with Crippen LogP contribution in [0.2, 0.25) is 0 Å². The Morgan fingerprint density at radius 1 is 1.20 bits per heavy atom. The SMILES string of the molecule is CCOc1ccc(-n2c(=S)[nH]c3cc(F)ccc32)cc1. The van der Waals surface area contributed by atoms with E-state index in [1.54, 1.807) is 6.07 Å². The Bertz CT molecular complexity index is 805. The van der Waals surface area contributed by atoms with E-state index in [1.165, 1.54) is 12.1 Å². The van der Waals surface area contributed by atoms with E-state index in [-0.39, 0.29) is 5.82 Å². The number of nitrogens with one attached hydrogen (secondary N) is 1. The Kier molecular flexibility index (Phi) is 3.28. The Morgan fingerprint density at radius 3 is 2.65 bits per heavy atom. The minimum absolute atomic E-state index is 0.285. The summed E-state index contributed by atoms with van der Waals surface area (Å²) in [5.41, 5.74) is 2.45. The lowest BCUT2D eigenvalue weighted by Crippen LogP contribution is -1.95. The monoisotopic (exact) mass is 288 g/mol. The van der Waals surface area contributed by atoms with Crippen LogP contribution >= 0.6 is 12.2 Å². The number of imidazole rings is 1. The summed E-state index contributed by atoms with van der Waals surface area (Å²) in [6.45, 7) is 2.57. The maximum Gasteiger partial charge on any atom is 0.182 e. The van der Waals surface area contributed by atoms with Gasteiger partial charge >= 0.3 is 0 Å². The van der Waals surface area contributed by atoms with Crippen molar-refractivity contribution in [2.45, 2.75) is 6.92 Å². The van der Waals surface area contributed by atoms with Gasteiger partial charge in [0.05, 0.1) is 17.6 Å². The first-order valence-corrected chi connectivity index (χ1v) is 6.73. The molecular formula is C15H13FN2OS. The van der Waals surface area contributed by atoms with Gasteiger partial charge in [-0.1, -0.05) is 0 Å². The summed E-state index contributed by atoms with van der Waals surface area (Å²) in [6, 6.07) is 12.2. The molecule has 3 rings (SSSR count). The van der Waals surface area contributed by atoms with Gasteiger partial charge < -0.3 is 9.72 Å². The highest BCUT2D eigenvalue weighted by atomic mass is 32.1. The van der Waals surface area contributed by atoms with E-state index in [9.17, 15) is 4.39 Å². The number of aromatic nitrogens is 2. The number of rotatable bonds is 3. The summed E-state index contributed by atoms with van der Waals surface area (Å²) in [4.78, 5) is 3.01. The summed E-state index contributed by atoms with van der Waals surface area (Å²) >= 11 is 5.32. The molecule has 1 aromatic heterocycles. The van der Waals surface area contributed by atoms with Crippen LogP contribution in [0.5, 0.6) is 5.75 Å². The third-order valence-corrected chi connectivity index (χ3v) is 3.33. The lowest BCUT2D eigenvalue weighted by Gasteiger charge is -2.07. The molecule has 0 amide bonds. The molecule has 0 bridgehead atoms. The van der Waals surface area contributed by atoms with Gasteiger partial charge in [0.1, 0.15) is 11.6 Å². The second-order valence-electron chi connectivity index (χ2n) is 4.35. The van der Waals surface area contributed by atoms with Gasteiger partial charge in [0.25, 0.3) is 0 Å². The van der Waals surface area contributed by atoms with Gasteiger partial charge in [0, 0.05) is 5.69 Å². The first-order chi connectivity index (χ1) is 9.69. The van der Waals surface area contributed by atoms with E-state index in [1.807, 2.05) is 35.8 Å². The molecule has 0 saturated heterocycles. The standard InChI is InChI=1S/C15H13FN2OS/c1-2-19-12-6-4-11(5-7-12)18-14-8-3-10(16)9-13(14)17-15(18)20/h3-9H,2H2,1H3,(H,17,20). The third kappa shape index (κ3) is 2.20. The fraction of sp³-hybridized carbons (Fsp3) is 0.133. The molecule has 1 heterocycles. The topological polar surface area (TPSA) is 29.9 Å². The summed E-state index contributed by atoms with van der Waals surface area (Å²) in [5.74, 6) is 0.529. The molecule has 20 heavy (non-hydrogen) atoms. The predicted octanol–water partition coefficient (Wildman–Crippen LogP) is 4.23. The van der Waals surface area contributed by atoms with Crippen molar-refractivity contribution in [3.63, 3.8) is 0 Å². The zero-order chi connectivity index (χ0) is 14.1. The van der Waals surface area contributed by atoms with Gasteiger partial charge in [-0.2, -0.15) is 0 Å². The molecule has 0 radical (unpaired) electrons. The Labute approximate surface area is 120 Å². The number of hydrogen-bond donors (Lipinski definition) is 1. The Morgan fingerprint density at radius 2 is 1.95 bits per heavy atom. The van der Waals surface area contributed by atoms with Gasteiger partial charge in [0.15, 0.2) is 4.77 Å². The van der Waals surface area contributed by atoms with Crippen molar-refractivity contribution in [1.82, 2.24) is 9.55 Å². The normalized spacial score (nSPS) is 10.9. The molecule has 0 unspecified atom stereocenters. The highest BCUT2D eigenvalue weighted by Crippen LogP contribution is 2.22. The first-order valence-electron chi connectivity index (χ1n) is 6.32. The number of benzene rings is 2. The zero-order valence-corrected chi connectivity index (χ0v) is 11.7. The van der Waals surface area contributed by atoms with Crippen molar-refractivity contribution < 1.29 is 9.13 Å². The number of ether oxygens (including phenoxy) is 1. The van der Waals surface area contributed by atoms with Crippen LogP contribution in [-0.2, 0) is 0 Å². The second-order valence-corrected chi connectivity index (χ2v) is 4.74. The fourth-order valence-corrected chi connectivity index (χ4v) is 2.51. The van der Waals surface area contributed by atoms with Gasteiger partial charge in [-0.25, -0.2) is 4.39 Å². The van der Waals surface area contributed by atoms with Gasteiger partial charge in [-0.05, 0) is 61.6 Å². The summed E-state index contributed by atoms with van der Waals surface area (Å²) in [6.07, 6.45) is 0. The molecule has 0 atom stereocenters. The van der Waals surface area contributed by atoms with Crippen LogP contribution in [0.15, 0.2) is 42.5 Å². The smallest absolute Gasteiger partial charge is 0.182 e. The first kappa shape index (κ1) is 12.9. The van der Waals surface area contributed by atoms with Crippen LogP contribution in [0.3, 0.4) is 0 Å². The van der Waals surface area contributed by atoms with E-state index in [0.717, 1.165) is 17.0 Å². The van der Waals surface area contributed by atoms with E-state index in [0.29, 0.717) is 16.9 Å². The second kappa shape index (κ2) is 5.09. The van der Waals surface area contributed by atoms with Crippen molar-refractivity contribution in [2.75, 3.05) is 6.61 Å². The van der Waals surface area contributed by atoms with Crippen LogP contribution in [-0.4, -0.2) is 16.2 Å². The highest BCUT2D eigenvalue weighted by Gasteiger charge is 2.07. The van der Waals surface area contributed by atoms with Gasteiger partial charge in [0.2, 0.25) is 0 Å². The molecule has 5 heteroatoms. The minimum Gasteiger partial charge on any atom is -0.494 e. The van der Waals surface area contributed by atoms with Crippen molar-refractivity contribution in [1.29, 1.82) is 0 Å². The molecular weight excluding hydrogens is 275 g/mol. The molecule has 0 aliphatic rings. The van der Waals surface area contributed by atoms with Crippen LogP contribution < -0.4 is 4.74 Å². The molecule has 3 aromatic rings. The Balaban J connectivity index is 2.14. The lowest BCUT2D eigenvalue weighted by molar-refractivity contribution is 0.340. The third-order valence-electron chi connectivity index (χ3n) is 3.05. The number of fused-ring (bicyclic) bond motifs is 1. The van der Waals surface area contributed by atoms with E-state index in [2.05, 4.69) is 4.98 Å². The highest BCUT2D eigenvalue weighted by molar-refractivity contribution is 7.71. The number of nitrogens with zero attached hydrogens (tertiary/aromatic N) is 1. The molecule has 1 N–H and O–H groups in total. The van der Waals surface area contributed by atoms with Gasteiger partial charge in [-0.3, -0.25) is 4.57 Å². The average molecular weight is 288 g/mol. The van der Waals surface area contributed by atoms with Crippen molar-refractivity contribution in [3.05, 3.63) is 53.1 Å². The summed E-state index contributed by atoms with van der Waals surface area (Å²) < 4.78 is 21.1. The zero-order valence-electron chi connectivity index (χ0n) is 10.9. The number of H-pyrrole nitrogens is 1. The molecule has 2 aromatic carbocycles. The molecule has 0 saturated carbocycles. The van der Waals surface area contributed by atoms with E-state index < -0.39 is 0 Å². The fourth-order valence-electron chi connectivity index (χ4n) is 2.20. The molecule has 102 valence electrons. The number of halogens is 1. The average Bonchev–Trinajstić information content (AvgIpc) is 2.75. The maximum absolute atomic E-state index is 13.2. The van der Waals surface area contributed by atoms with Crippen molar-refractivity contribution in [3.8, 4) is 11.4 Å². The van der Waals surface area contributed by atoms with Crippen LogP contribution in [0, 0.1) is 10.6 Å². The van der Waals surface area contributed by atoms with Gasteiger partial charge in [-0.15, -0.1) is 0 Å². The predicted molar refractivity (Wildman–Crippen MR) is 79.6 cm³/mol. The molecule has 0 aliphatic carbocycles. The molecule has 0 spiro atoms. The summed E-state index contributed by atoms with van der Waals surface area (Å²) in [5, 5.41) is 0. The van der Waals surface area contributed by atoms with E-state index >= 15 is 0 Å². The number of aromatic amines is 1. The van der Waals surface area contributed by atoms with Crippen LogP contribution in [0.25, 0.3) is 16.7 Å². The summed E-state index contributed by atoms with van der Waals surface area (Å²) in [7, 11) is 0. The lowest BCUT2D eigenvalue weighted by atomic mass is 10.2.